The smallest absolute Gasteiger partial charge is 0.240 e. The monoisotopic (exact) mass is 308 g/mol. The molecule has 4 nitrogen and oxygen atoms in total. The third kappa shape index (κ3) is 4.10. The third-order valence-electron chi connectivity index (χ3n) is 3.08. The van der Waals surface area contributed by atoms with Gasteiger partial charge in [0, 0.05) is 12.1 Å². The van der Waals surface area contributed by atoms with Gasteiger partial charge in [0.1, 0.15) is 5.82 Å². The summed E-state index contributed by atoms with van der Waals surface area (Å²) in [7, 11) is -3.65. The quantitative estimate of drug-likeness (QED) is 0.855. The van der Waals surface area contributed by atoms with E-state index in [1.54, 1.807) is 30.3 Å². The molecule has 0 spiro atoms. The van der Waals surface area contributed by atoms with Crippen molar-refractivity contribution in [1.29, 1.82) is 0 Å². The van der Waals surface area contributed by atoms with Gasteiger partial charge < -0.3 is 5.73 Å². The highest BCUT2D eigenvalue weighted by Gasteiger charge is 2.14. The number of nitrogens with one attached hydrogen (secondary N) is 1. The molecule has 2 rings (SSSR count). The van der Waals surface area contributed by atoms with E-state index in [2.05, 4.69) is 4.72 Å². The molecule has 0 aliphatic rings. The van der Waals surface area contributed by atoms with E-state index in [0.29, 0.717) is 18.5 Å². The van der Waals surface area contributed by atoms with Crippen molar-refractivity contribution < 1.29 is 12.8 Å². The topological polar surface area (TPSA) is 72.2 Å². The van der Waals surface area contributed by atoms with Gasteiger partial charge in [0.05, 0.1) is 4.90 Å². The summed E-state index contributed by atoms with van der Waals surface area (Å²) in [6, 6.07) is 12.6. The SMILES string of the molecule is NCCc1ccc(S(=O)(=O)NCc2ccccc2F)cc1. The first-order chi connectivity index (χ1) is 10.0. The standard InChI is InChI=1S/C15H17FN2O2S/c16-15-4-2-1-3-13(15)11-18-21(19,20)14-7-5-12(6-8-14)9-10-17/h1-8,18H,9-11,17H2. The van der Waals surface area contributed by atoms with E-state index in [1.165, 1.54) is 18.2 Å². The number of sulfonamides is 1. The van der Waals surface area contributed by atoms with Crippen LogP contribution in [0.1, 0.15) is 11.1 Å². The number of hydrogen-bond donors (Lipinski definition) is 2. The molecule has 0 bridgehead atoms. The van der Waals surface area contributed by atoms with Gasteiger partial charge in [0.15, 0.2) is 0 Å². The van der Waals surface area contributed by atoms with Crippen molar-refractivity contribution in [1.82, 2.24) is 4.72 Å². The summed E-state index contributed by atoms with van der Waals surface area (Å²) in [6.45, 7) is 0.428. The average Bonchev–Trinajstić information content (AvgIpc) is 2.47. The zero-order valence-corrected chi connectivity index (χ0v) is 12.2. The molecule has 0 atom stereocenters. The second-order valence-corrected chi connectivity index (χ2v) is 6.37. The normalized spacial score (nSPS) is 11.5. The molecule has 2 aromatic carbocycles. The maximum absolute atomic E-state index is 13.5. The van der Waals surface area contributed by atoms with Crippen molar-refractivity contribution in [3.63, 3.8) is 0 Å². The highest BCUT2D eigenvalue weighted by atomic mass is 32.2. The van der Waals surface area contributed by atoms with Gasteiger partial charge in [0.25, 0.3) is 0 Å². The maximum Gasteiger partial charge on any atom is 0.240 e. The predicted octanol–water partition coefficient (Wildman–Crippen LogP) is 1.81. The van der Waals surface area contributed by atoms with Crippen LogP contribution >= 0.6 is 0 Å². The second kappa shape index (κ2) is 6.80. The van der Waals surface area contributed by atoms with Gasteiger partial charge in [-0.1, -0.05) is 30.3 Å². The number of benzene rings is 2. The summed E-state index contributed by atoms with van der Waals surface area (Å²) >= 11 is 0. The van der Waals surface area contributed by atoms with Crippen LogP contribution in [0, 0.1) is 5.82 Å². The average molecular weight is 308 g/mol. The molecule has 0 aliphatic heterocycles. The van der Waals surface area contributed by atoms with E-state index in [4.69, 9.17) is 5.73 Å². The van der Waals surface area contributed by atoms with Gasteiger partial charge in [-0.2, -0.15) is 0 Å². The molecule has 0 unspecified atom stereocenters. The van der Waals surface area contributed by atoms with Gasteiger partial charge in [-0.05, 0) is 36.7 Å². The molecule has 0 heterocycles. The van der Waals surface area contributed by atoms with Crippen molar-refractivity contribution in [2.45, 2.75) is 17.9 Å². The molecule has 21 heavy (non-hydrogen) atoms. The Morgan fingerprint density at radius 1 is 1.05 bits per heavy atom. The van der Waals surface area contributed by atoms with Crippen LogP contribution in [-0.2, 0) is 23.0 Å². The fourth-order valence-corrected chi connectivity index (χ4v) is 2.91. The maximum atomic E-state index is 13.5. The second-order valence-electron chi connectivity index (χ2n) is 4.60. The molecule has 0 saturated carbocycles. The summed E-state index contributed by atoms with van der Waals surface area (Å²) in [4.78, 5) is 0.152. The van der Waals surface area contributed by atoms with Crippen LogP contribution in [0.4, 0.5) is 4.39 Å². The van der Waals surface area contributed by atoms with Crippen LogP contribution in [-0.4, -0.2) is 15.0 Å². The lowest BCUT2D eigenvalue weighted by Crippen LogP contribution is -2.23. The van der Waals surface area contributed by atoms with Gasteiger partial charge in [0.2, 0.25) is 10.0 Å². The van der Waals surface area contributed by atoms with E-state index in [0.717, 1.165) is 5.56 Å². The van der Waals surface area contributed by atoms with E-state index >= 15 is 0 Å². The molecule has 6 heteroatoms. The Morgan fingerprint density at radius 2 is 1.71 bits per heavy atom. The van der Waals surface area contributed by atoms with E-state index in [-0.39, 0.29) is 11.4 Å². The summed E-state index contributed by atoms with van der Waals surface area (Å²) in [5.41, 5.74) is 6.73. The third-order valence-corrected chi connectivity index (χ3v) is 4.49. The Labute approximate surface area is 123 Å². The first kappa shape index (κ1) is 15.6. The summed E-state index contributed by atoms with van der Waals surface area (Å²) < 4.78 is 40.1. The van der Waals surface area contributed by atoms with Crippen LogP contribution in [0.15, 0.2) is 53.4 Å². The first-order valence-electron chi connectivity index (χ1n) is 6.55. The highest BCUT2D eigenvalue weighted by Crippen LogP contribution is 2.12. The van der Waals surface area contributed by atoms with Gasteiger partial charge in [-0.15, -0.1) is 0 Å². The first-order valence-corrected chi connectivity index (χ1v) is 8.03. The molecule has 0 aromatic heterocycles. The molecule has 0 fully saturated rings. The molecule has 2 aromatic rings. The number of halogens is 1. The van der Waals surface area contributed by atoms with Crippen molar-refractivity contribution in [3.8, 4) is 0 Å². The van der Waals surface area contributed by atoms with Crippen molar-refractivity contribution in [2.24, 2.45) is 5.73 Å². The van der Waals surface area contributed by atoms with Crippen molar-refractivity contribution in [3.05, 3.63) is 65.5 Å². The largest absolute Gasteiger partial charge is 0.330 e. The fourth-order valence-electron chi connectivity index (χ4n) is 1.90. The zero-order chi connectivity index (χ0) is 15.3. The molecule has 0 aliphatic carbocycles. The van der Waals surface area contributed by atoms with Crippen molar-refractivity contribution in [2.75, 3.05) is 6.54 Å². The minimum atomic E-state index is -3.65. The Kier molecular flexibility index (Phi) is 5.06. The summed E-state index contributed by atoms with van der Waals surface area (Å²) in [5.74, 6) is -0.432. The Balaban J connectivity index is 2.09. The number of hydrogen-bond acceptors (Lipinski definition) is 3. The summed E-state index contributed by atoms with van der Waals surface area (Å²) in [5, 5.41) is 0. The van der Waals surface area contributed by atoms with Crippen LogP contribution in [0.25, 0.3) is 0 Å². The fraction of sp³-hybridized carbons (Fsp3) is 0.200. The molecule has 3 N–H and O–H groups in total. The van der Waals surface area contributed by atoms with Gasteiger partial charge >= 0.3 is 0 Å². The molecule has 112 valence electrons. The number of nitrogens with two attached hydrogens (primary N) is 1. The molecular formula is C15H17FN2O2S. The van der Waals surface area contributed by atoms with E-state index < -0.39 is 15.8 Å². The molecule has 0 radical (unpaired) electrons. The van der Waals surface area contributed by atoms with Crippen molar-refractivity contribution >= 4 is 10.0 Å². The van der Waals surface area contributed by atoms with Gasteiger partial charge in [-0.3, -0.25) is 0 Å². The van der Waals surface area contributed by atoms with E-state index in [9.17, 15) is 12.8 Å². The zero-order valence-electron chi connectivity index (χ0n) is 11.4. The number of rotatable bonds is 6. The molecule has 0 saturated heterocycles. The molecular weight excluding hydrogens is 291 g/mol. The molecule has 0 amide bonds. The Bertz CT molecular complexity index is 700. The van der Waals surface area contributed by atoms with E-state index in [1.807, 2.05) is 0 Å². The van der Waals surface area contributed by atoms with Crippen LogP contribution < -0.4 is 10.5 Å². The lowest BCUT2D eigenvalue weighted by molar-refractivity contribution is 0.574. The predicted molar refractivity (Wildman–Crippen MR) is 79.6 cm³/mol. The lowest BCUT2D eigenvalue weighted by atomic mass is 10.2. The minimum Gasteiger partial charge on any atom is -0.330 e. The van der Waals surface area contributed by atoms with Crippen LogP contribution in [0.2, 0.25) is 0 Å². The van der Waals surface area contributed by atoms with Crippen LogP contribution in [0.5, 0.6) is 0 Å². The lowest BCUT2D eigenvalue weighted by Gasteiger charge is -2.08. The van der Waals surface area contributed by atoms with Gasteiger partial charge in [-0.25, -0.2) is 17.5 Å². The highest BCUT2D eigenvalue weighted by molar-refractivity contribution is 7.89. The van der Waals surface area contributed by atoms with Crippen LogP contribution in [0.3, 0.4) is 0 Å². The Morgan fingerprint density at radius 3 is 2.33 bits per heavy atom. The Hall–Kier alpha value is -1.76. The minimum absolute atomic E-state index is 0.0838. The summed E-state index contributed by atoms with van der Waals surface area (Å²) in [6.07, 6.45) is 0.697.